The van der Waals surface area contributed by atoms with Crippen LogP contribution in [0.1, 0.15) is 27.2 Å². The fraction of sp³-hybridized carbons (Fsp3) is 0.357. The maximum absolute atomic E-state index is 4.10. The smallest absolute Gasteiger partial charge is 0.0567 e. The molecule has 0 N–H and O–H groups in total. The molecule has 0 aromatic heterocycles. The maximum Gasteiger partial charge on any atom is 0.0567 e. The average Bonchev–Trinajstić information content (AvgIpc) is 2.24. The molecule has 0 fully saturated rings. The molecule has 0 saturated carbocycles. The first kappa shape index (κ1) is 13.6. The maximum atomic E-state index is 4.10. The van der Waals surface area contributed by atoms with Crippen molar-refractivity contribution >= 4 is 5.71 Å². The average molecular weight is 203 g/mol. The van der Waals surface area contributed by atoms with E-state index in [0.717, 1.165) is 17.7 Å². The summed E-state index contributed by atoms with van der Waals surface area (Å²) in [5.41, 5.74) is 4.48. The number of rotatable bonds is 5. The molecule has 0 aromatic carbocycles. The molecular weight excluding hydrogens is 182 g/mol. The topological polar surface area (TPSA) is 12.4 Å². The van der Waals surface area contributed by atoms with E-state index in [4.69, 9.17) is 0 Å². The van der Waals surface area contributed by atoms with E-state index < -0.39 is 0 Å². The number of hydrogen-bond acceptors (Lipinski definition) is 1. The van der Waals surface area contributed by atoms with E-state index in [9.17, 15) is 0 Å². The van der Waals surface area contributed by atoms with Gasteiger partial charge < -0.3 is 0 Å². The van der Waals surface area contributed by atoms with Crippen LogP contribution < -0.4 is 0 Å². The third-order valence-electron chi connectivity index (χ3n) is 2.33. The molecule has 0 rings (SSSR count). The summed E-state index contributed by atoms with van der Waals surface area (Å²) in [5.74, 6) is 0. The van der Waals surface area contributed by atoms with Gasteiger partial charge in [-0.25, -0.2) is 0 Å². The molecule has 0 atom stereocenters. The van der Waals surface area contributed by atoms with Gasteiger partial charge in [-0.3, -0.25) is 4.99 Å². The summed E-state index contributed by atoms with van der Waals surface area (Å²) in [7, 11) is 1.77. The van der Waals surface area contributed by atoms with Gasteiger partial charge in [0.25, 0.3) is 0 Å². The van der Waals surface area contributed by atoms with E-state index in [2.05, 4.69) is 45.0 Å². The molecular formula is C14H21N. The zero-order valence-electron chi connectivity index (χ0n) is 10.3. The van der Waals surface area contributed by atoms with Gasteiger partial charge in [-0.1, -0.05) is 31.7 Å². The summed E-state index contributed by atoms with van der Waals surface area (Å²) >= 11 is 0. The van der Waals surface area contributed by atoms with Crippen molar-refractivity contribution in [1.82, 2.24) is 0 Å². The molecule has 82 valence electrons. The summed E-state index contributed by atoms with van der Waals surface area (Å²) < 4.78 is 0. The summed E-state index contributed by atoms with van der Waals surface area (Å²) in [6.07, 6.45) is 6.89. The van der Waals surface area contributed by atoms with Crippen LogP contribution in [0.3, 0.4) is 0 Å². The van der Waals surface area contributed by atoms with Crippen molar-refractivity contribution in [1.29, 1.82) is 0 Å². The van der Waals surface area contributed by atoms with Crippen molar-refractivity contribution in [2.45, 2.75) is 27.2 Å². The first-order valence-corrected chi connectivity index (χ1v) is 5.19. The number of allylic oxidation sites excluding steroid dienone is 6. The highest BCUT2D eigenvalue weighted by Crippen LogP contribution is 2.12. The van der Waals surface area contributed by atoms with E-state index in [1.54, 1.807) is 13.1 Å². The molecule has 0 radical (unpaired) electrons. The molecule has 0 saturated heterocycles. The fourth-order valence-electron chi connectivity index (χ4n) is 1.07. The lowest BCUT2D eigenvalue weighted by Crippen LogP contribution is -1.90. The Kier molecular flexibility index (Phi) is 6.35. The van der Waals surface area contributed by atoms with Crippen LogP contribution in [0.4, 0.5) is 0 Å². The second kappa shape index (κ2) is 6.99. The lowest BCUT2D eigenvalue weighted by molar-refractivity contribution is 1.15. The van der Waals surface area contributed by atoms with Gasteiger partial charge >= 0.3 is 0 Å². The number of aliphatic imine (C=N–C) groups is 1. The van der Waals surface area contributed by atoms with Gasteiger partial charge in [-0.2, -0.15) is 0 Å². The van der Waals surface area contributed by atoms with Gasteiger partial charge in [0.05, 0.1) is 5.71 Å². The second-order valence-corrected chi connectivity index (χ2v) is 3.52. The first-order chi connectivity index (χ1) is 7.04. The monoisotopic (exact) mass is 203 g/mol. The molecule has 0 aliphatic carbocycles. The van der Waals surface area contributed by atoms with Crippen molar-refractivity contribution in [3.8, 4) is 0 Å². The predicted octanol–water partition coefficient (Wildman–Crippen LogP) is 4.10. The van der Waals surface area contributed by atoms with Gasteiger partial charge in [0.1, 0.15) is 0 Å². The van der Waals surface area contributed by atoms with Gasteiger partial charge in [0.2, 0.25) is 0 Å². The lowest BCUT2D eigenvalue weighted by Gasteiger charge is -2.03. The summed E-state index contributed by atoms with van der Waals surface area (Å²) in [4.78, 5) is 4.10. The van der Waals surface area contributed by atoms with Crippen LogP contribution in [-0.2, 0) is 0 Å². The highest BCUT2D eigenvalue weighted by atomic mass is 14.7. The van der Waals surface area contributed by atoms with Crippen molar-refractivity contribution in [2.75, 3.05) is 7.05 Å². The highest BCUT2D eigenvalue weighted by molar-refractivity contribution is 6.04. The van der Waals surface area contributed by atoms with E-state index in [1.165, 1.54) is 11.1 Å². The van der Waals surface area contributed by atoms with Gasteiger partial charge in [0.15, 0.2) is 0 Å². The van der Waals surface area contributed by atoms with Gasteiger partial charge in [0, 0.05) is 7.05 Å². The Morgan fingerprint density at radius 3 is 2.13 bits per heavy atom. The van der Waals surface area contributed by atoms with Crippen molar-refractivity contribution in [3.63, 3.8) is 0 Å². The molecule has 0 bridgehead atoms. The Labute approximate surface area is 93.6 Å². The Hall–Kier alpha value is -1.37. The Morgan fingerprint density at radius 1 is 1.20 bits per heavy atom. The molecule has 15 heavy (non-hydrogen) atoms. The van der Waals surface area contributed by atoms with Crippen LogP contribution in [0.25, 0.3) is 0 Å². The SMILES string of the molecule is C=CC(/C=C(C)/C(C)=C/C(=C)CC)=N/C. The van der Waals surface area contributed by atoms with Gasteiger partial charge in [-0.05, 0) is 43.6 Å². The third kappa shape index (κ3) is 5.16. The molecule has 0 aliphatic heterocycles. The summed E-state index contributed by atoms with van der Waals surface area (Å²) in [5, 5.41) is 0. The van der Waals surface area contributed by atoms with E-state index >= 15 is 0 Å². The van der Waals surface area contributed by atoms with Crippen LogP contribution in [0, 0.1) is 0 Å². The minimum Gasteiger partial charge on any atom is -0.289 e. The Bertz CT molecular complexity index is 327. The number of nitrogens with zero attached hydrogens (tertiary/aromatic N) is 1. The molecule has 1 nitrogen and oxygen atoms in total. The van der Waals surface area contributed by atoms with Crippen molar-refractivity contribution < 1.29 is 0 Å². The fourth-order valence-corrected chi connectivity index (χ4v) is 1.07. The molecule has 0 aliphatic rings. The van der Waals surface area contributed by atoms with Crippen LogP contribution in [-0.4, -0.2) is 12.8 Å². The van der Waals surface area contributed by atoms with Crippen molar-refractivity contribution in [2.24, 2.45) is 4.99 Å². The predicted molar refractivity (Wildman–Crippen MR) is 70.5 cm³/mol. The minimum absolute atomic E-state index is 0.905. The molecule has 0 aromatic rings. The summed E-state index contributed by atoms with van der Waals surface area (Å²) in [6.45, 7) is 13.9. The molecule has 0 unspecified atom stereocenters. The van der Waals surface area contributed by atoms with Gasteiger partial charge in [-0.15, -0.1) is 0 Å². The molecule has 1 heteroatoms. The van der Waals surface area contributed by atoms with Crippen LogP contribution >= 0.6 is 0 Å². The Morgan fingerprint density at radius 2 is 1.73 bits per heavy atom. The van der Waals surface area contributed by atoms with Crippen LogP contribution in [0.15, 0.2) is 53.1 Å². The molecule has 0 spiro atoms. The molecule has 0 amide bonds. The number of hydrogen-bond donors (Lipinski definition) is 0. The quantitative estimate of drug-likeness (QED) is 0.471. The highest BCUT2D eigenvalue weighted by Gasteiger charge is 1.95. The van der Waals surface area contributed by atoms with E-state index in [1.807, 2.05) is 6.08 Å². The standard InChI is InChI=1S/C14H21N/c1-7-11(3)9-12(4)13(5)10-14(8-2)15-6/h8-10H,2-3,7H2,1,4-6H3/b12-9+,13-10+,15-14-. The van der Waals surface area contributed by atoms with Crippen molar-refractivity contribution in [3.05, 3.63) is 48.1 Å². The molecule has 0 heterocycles. The van der Waals surface area contributed by atoms with Crippen LogP contribution in [0.2, 0.25) is 0 Å². The second-order valence-electron chi connectivity index (χ2n) is 3.52. The normalized spacial score (nSPS) is 14.0. The summed E-state index contributed by atoms with van der Waals surface area (Å²) in [6, 6.07) is 0. The third-order valence-corrected chi connectivity index (χ3v) is 2.33. The first-order valence-electron chi connectivity index (χ1n) is 5.19. The van der Waals surface area contributed by atoms with E-state index in [-0.39, 0.29) is 0 Å². The van der Waals surface area contributed by atoms with Crippen LogP contribution in [0.5, 0.6) is 0 Å². The largest absolute Gasteiger partial charge is 0.289 e. The zero-order valence-corrected chi connectivity index (χ0v) is 10.3. The minimum atomic E-state index is 0.905. The lowest BCUT2D eigenvalue weighted by atomic mass is 10.0. The Balaban J connectivity index is 4.85. The van der Waals surface area contributed by atoms with E-state index in [0.29, 0.717) is 0 Å². The zero-order chi connectivity index (χ0) is 11.8.